The number of nitrogens with zero attached hydrogens (tertiary/aromatic N) is 3. The van der Waals surface area contributed by atoms with Gasteiger partial charge in [0, 0.05) is 6.61 Å². The average Bonchev–Trinajstić information content (AvgIpc) is 2.82. The van der Waals surface area contributed by atoms with E-state index in [9.17, 15) is 0 Å². The first-order valence-corrected chi connectivity index (χ1v) is 13.2. The van der Waals surface area contributed by atoms with Gasteiger partial charge < -0.3 is 14.2 Å². The molecule has 0 aromatic heterocycles. The van der Waals surface area contributed by atoms with E-state index in [4.69, 9.17) is 30.0 Å². The third kappa shape index (κ3) is 21.9. The van der Waals surface area contributed by atoms with Crippen LogP contribution in [0, 0.1) is 34.0 Å². The molecule has 2 unspecified atom stereocenters. The van der Waals surface area contributed by atoms with Crippen LogP contribution >= 0.6 is 0 Å². The molecular formula is C27H47N3O3. The van der Waals surface area contributed by atoms with Gasteiger partial charge in [0.1, 0.15) is 0 Å². The second kappa shape index (κ2) is 26.6. The molecule has 0 aliphatic carbocycles. The van der Waals surface area contributed by atoms with E-state index < -0.39 is 0 Å². The minimum atomic E-state index is 0.00113. The van der Waals surface area contributed by atoms with Crippen molar-refractivity contribution in [3.8, 4) is 18.2 Å². The van der Waals surface area contributed by atoms with Crippen LogP contribution in [0.15, 0.2) is 0 Å². The van der Waals surface area contributed by atoms with E-state index in [0.29, 0.717) is 39.1 Å². The molecule has 0 aromatic rings. The van der Waals surface area contributed by atoms with E-state index in [2.05, 4.69) is 25.1 Å². The molecule has 0 aliphatic rings. The summed E-state index contributed by atoms with van der Waals surface area (Å²) in [6.45, 7) is 4.42. The van der Waals surface area contributed by atoms with E-state index in [1.165, 1.54) is 44.9 Å². The van der Waals surface area contributed by atoms with Gasteiger partial charge in [0.2, 0.25) is 0 Å². The zero-order valence-electron chi connectivity index (χ0n) is 21.1. The zero-order chi connectivity index (χ0) is 24.2. The highest BCUT2D eigenvalue weighted by molar-refractivity contribution is 4.76. The Hall–Kier alpha value is -1.65. The minimum Gasteiger partial charge on any atom is -0.380 e. The van der Waals surface area contributed by atoms with Crippen LogP contribution in [-0.2, 0) is 14.2 Å². The molecule has 0 radical (unpaired) electrons. The maximum atomic E-state index is 8.89. The van der Waals surface area contributed by atoms with Gasteiger partial charge in [-0.15, -0.1) is 0 Å². The Morgan fingerprint density at radius 3 is 1.42 bits per heavy atom. The van der Waals surface area contributed by atoms with Crippen LogP contribution in [0.4, 0.5) is 0 Å². The Labute approximate surface area is 203 Å². The predicted octanol–water partition coefficient (Wildman–Crippen LogP) is 7.00. The van der Waals surface area contributed by atoms with Crippen molar-refractivity contribution in [3.05, 3.63) is 0 Å². The van der Waals surface area contributed by atoms with Gasteiger partial charge in [-0.2, -0.15) is 15.8 Å². The lowest BCUT2D eigenvalue weighted by Gasteiger charge is -2.27. The molecule has 0 rings (SSSR count). The lowest BCUT2D eigenvalue weighted by Crippen LogP contribution is -2.32. The highest BCUT2D eigenvalue weighted by Crippen LogP contribution is 2.20. The molecule has 0 N–H and O–H groups in total. The van der Waals surface area contributed by atoms with Crippen molar-refractivity contribution in [1.29, 1.82) is 15.8 Å². The quantitative estimate of drug-likeness (QED) is 0.136. The molecule has 33 heavy (non-hydrogen) atoms. The lowest BCUT2D eigenvalue weighted by molar-refractivity contribution is -0.0788. The highest BCUT2D eigenvalue weighted by Gasteiger charge is 2.22. The summed E-state index contributed by atoms with van der Waals surface area (Å²) in [6.07, 6.45) is 17.5. The van der Waals surface area contributed by atoms with Crippen molar-refractivity contribution < 1.29 is 14.2 Å². The first kappa shape index (κ1) is 31.4. The Morgan fingerprint density at radius 2 is 0.939 bits per heavy atom. The predicted molar refractivity (Wildman–Crippen MR) is 131 cm³/mol. The summed E-state index contributed by atoms with van der Waals surface area (Å²) in [4.78, 5) is 0. The number of ether oxygens (including phenoxy) is 3. The molecule has 0 bridgehead atoms. The molecular weight excluding hydrogens is 414 g/mol. The van der Waals surface area contributed by atoms with Crippen LogP contribution < -0.4 is 0 Å². The monoisotopic (exact) mass is 461 g/mol. The average molecular weight is 462 g/mol. The lowest BCUT2D eigenvalue weighted by atomic mass is 9.99. The molecule has 2 atom stereocenters. The Balaban J connectivity index is 4.32. The standard InChI is InChI=1S/C27H47N3O3/c1-2-3-4-5-8-11-17-26(32-24-15-20-29)27(33-25-16-21-30)18-12-9-6-7-10-13-22-31-23-14-19-28/h26-27H,2-18,22-25H2,1H3. The fraction of sp³-hybridized carbons (Fsp3) is 0.889. The minimum absolute atomic E-state index is 0.00113. The Morgan fingerprint density at radius 1 is 0.515 bits per heavy atom. The molecule has 0 fully saturated rings. The molecule has 0 saturated heterocycles. The smallest absolute Gasteiger partial charge is 0.0837 e. The number of hydrogen-bond donors (Lipinski definition) is 0. The summed E-state index contributed by atoms with van der Waals surface area (Å²) in [6, 6.07) is 6.41. The van der Waals surface area contributed by atoms with E-state index in [0.717, 1.165) is 51.6 Å². The first-order valence-electron chi connectivity index (χ1n) is 13.2. The molecule has 6 nitrogen and oxygen atoms in total. The highest BCUT2D eigenvalue weighted by atomic mass is 16.5. The van der Waals surface area contributed by atoms with E-state index >= 15 is 0 Å². The van der Waals surface area contributed by atoms with Gasteiger partial charge in [0.05, 0.1) is 69.5 Å². The van der Waals surface area contributed by atoms with Gasteiger partial charge in [0.15, 0.2) is 0 Å². The second-order valence-corrected chi connectivity index (χ2v) is 8.62. The van der Waals surface area contributed by atoms with Crippen LogP contribution in [0.5, 0.6) is 0 Å². The molecule has 0 aliphatic heterocycles. The molecule has 0 aromatic carbocycles. The summed E-state index contributed by atoms with van der Waals surface area (Å²) < 4.78 is 17.6. The van der Waals surface area contributed by atoms with Gasteiger partial charge in [-0.3, -0.25) is 0 Å². The van der Waals surface area contributed by atoms with Crippen molar-refractivity contribution in [2.45, 2.75) is 128 Å². The van der Waals surface area contributed by atoms with Crippen molar-refractivity contribution in [1.82, 2.24) is 0 Å². The molecule has 0 heterocycles. The third-order valence-electron chi connectivity index (χ3n) is 5.73. The summed E-state index contributed by atoms with van der Waals surface area (Å²) in [7, 11) is 0. The largest absolute Gasteiger partial charge is 0.380 e. The number of hydrogen-bond acceptors (Lipinski definition) is 6. The summed E-state index contributed by atoms with van der Waals surface area (Å²) in [5.41, 5.74) is 0. The van der Waals surface area contributed by atoms with Crippen molar-refractivity contribution in [3.63, 3.8) is 0 Å². The topological polar surface area (TPSA) is 99.1 Å². The van der Waals surface area contributed by atoms with Crippen molar-refractivity contribution >= 4 is 0 Å². The number of rotatable bonds is 25. The maximum absolute atomic E-state index is 8.89. The SMILES string of the molecule is CCCCCCCCC(OCCC#N)C(CCCCCCCCOCCC#N)OCCC#N. The van der Waals surface area contributed by atoms with Gasteiger partial charge in [-0.25, -0.2) is 0 Å². The fourth-order valence-electron chi connectivity index (χ4n) is 3.87. The van der Waals surface area contributed by atoms with Gasteiger partial charge >= 0.3 is 0 Å². The second-order valence-electron chi connectivity index (χ2n) is 8.62. The summed E-state index contributed by atoms with van der Waals surface area (Å²) in [5.74, 6) is 0. The summed E-state index contributed by atoms with van der Waals surface area (Å²) >= 11 is 0. The Kier molecular flexibility index (Phi) is 25.3. The number of unbranched alkanes of at least 4 members (excludes halogenated alkanes) is 10. The maximum Gasteiger partial charge on any atom is 0.0837 e. The van der Waals surface area contributed by atoms with Crippen LogP contribution in [-0.4, -0.2) is 38.6 Å². The van der Waals surface area contributed by atoms with Gasteiger partial charge in [-0.05, 0) is 19.3 Å². The molecule has 0 saturated carbocycles. The molecule has 0 amide bonds. The van der Waals surface area contributed by atoms with Gasteiger partial charge in [-0.1, -0.05) is 77.6 Å². The van der Waals surface area contributed by atoms with Crippen LogP contribution in [0.3, 0.4) is 0 Å². The fourth-order valence-corrected chi connectivity index (χ4v) is 3.87. The van der Waals surface area contributed by atoms with Crippen molar-refractivity contribution in [2.24, 2.45) is 0 Å². The first-order chi connectivity index (χ1) is 16.3. The summed E-state index contributed by atoms with van der Waals surface area (Å²) in [5, 5.41) is 26.3. The van der Waals surface area contributed by atoms with Crippen LogP contribution in [0.1, 0.15) is 116 Å². The normalized spacial score (nSPS) is 12.5. The number of nitriles is 3. The third-order valence-corrected chi connectivity index (χ3v) is 5.73. The van der Waals surface area contributed by atoms with E-state index in [1.807, 2.05) is 0 Å². The molecule has 188 valence electrons. The molecule has 0 spiro atoms. The molecule has 6 heteroatoms. The Bertz CT molecular complexity index is 536. The van der Waals surface area contributed by atoms with Crippen molar-refractivity contribution in [2.75, 3.05) is 26.4 Å². The van der Waals surface area contributed by atoms with Crippen LogP contribution in [0.25, 0.3) is 0 Å². The van der Waals surface area contributed by atoms with E-state index in [-0.39, 0.29) is 12.2 Å². The van der Waals surface area contributed by atoms with Crippen LogP contribution in [0.2, 0.25) is 0 Å². The van der Waals surface area contributed by atoms with Gasteiger partial charge in [0.25, 0.3) is 0 Å². The van der Waals surface area contributed by atoms with E-state index in [1.54, 1.807) is 0 Å². The zero-order valence-corrected chi connectivity index (χ0v) is 21.1.